The van der Waals surface area contributed by atoms with Crippen molar-refractivity contribution in [3.05, 3.63) is 65.2 Å². The van der Waals surface area contributed by atoms with Crippen molar-refractivity contribution in [2.45, 2.75) is 13.0 Å². The number of benzene rings is 2. The molecule has 0 amide bonds. The third kappa shape index (κ3) is 2.00. The average Bonchev–Trinajstić information content (AvgIpc) is 2.62. The molecule has 92 valence electrons. The van der Waals surface area contributed by atoms with Gasteiger partial charge in [-0.3, -0.25) is 0 Å². The molecule has 0 fully saturated rings. The number of fused-ring (bicyclic) bond motifs is 1. The van der Waals surface area contributed by atoms with Crippen LogP contribution in [0.1, 0.15) is 22.7 Å². The fourth-order valence-corrected chi connectivity index (χ4v) is 2.51. The number of ether oxygens (including phenoxy) is 1. The maximum atomic E-state index is 5.78. The standard InChI is InChI=1S/C16H17NO/c1-12-6-2-3-7-13(12)16-14-8-4-5-9-15(14)18-11-10-17-16/h2-9,16-17H,10-11H2,1H3. The van der Waals surface area contributed by atoms with Crippen molar-refractivity contribution >= 4 is 0 Å². The van der Waals surface area contributed by atoms with Crippen LogP contribution in [-0.4, -0.2) is 13.2 Å². The van der Waals surface area contributed by atoms with Crippen molar-refractivity contribution in [2.75, 3.05) is 13.2 Å². The smallest absolute Gasteiger partial charge is 0.124 e. The van der Waals surface area contributed by atoms with Gasteiger partial charge in [-0.15, -0.1) is 0 Å². The summed E-state index contributed by atoms with van der Waals surface area (Å²) >= 11 is 0. The summed E-state index contributed by atoms with van der Waals surface area (Å²) in [6.07, 6.45) is 0. The second kappa shape index (κ2) is 4.83. The predicted molar refractivity (Wildman–Crippen MR) is 73.0 cm³/mol. The fraction of sp³-hybridized carbons (Fsp3) is 0.250. The minimum Gasteiger partial charge on any atom is -0.492 e. The van der Waals surface area contributed by atoms with Gasteiger partial charge in [0.05, 0.1) is 6.04 Å². The summed E-state index contributed by atoms with van der Waals surface area (Å²) in [5, 5.41) is 3.57. The third-order valence-electron chi connectivity index (χ3n) is 3.44. The van der Waals surface area contributed by atoms with Gasteiger partial charge in [0, 0.05) is 12.1 Å². The van der Waals surface area contributed by atoms with Gasteiger partial charge in [-0.05, 0) is 24.1 Å². The van der Waals surface area contributed by atoms with Crippen LogP contribution in [-0.2, 0) is 0 Å². The van der Waals surface area contributed by atoms with Gasteiger partial charge in [0.25, 0.3) is 0 Å². The largest absolute Gasteiger partial charge is 0.492 e. The molecule has 2 nitrogen and oxygen atoms in total. The summed E-state index contributed by atoms with van der Waals surface area (Å²) in [6, 6.07) is 17.0. The number of para-hydroxylation sites is 1. The lowest BCUT2D eigenvalue weighted by molar-refractivity contribution is 0.325. The molecular weight excluding hydrogens is 222 g/mol. The normalized spacial score (nSPS) is 18.6. The van der Waals surface area contributed by atoms with E-state index in [0.717, 1.165) is 18.9 Å². The Morgan fingerprint density at radius 2 is 1.72 bits per heavy atom. The van der Waals surface area contributed by atoms with E-state index in [1.54, 1.807) is 0 Å². The second-order valence-corrected chi connectivity index (χ2v) is 4.63. The zero-order valence-electron chi connectivity index (χ0n) is 10.5. The van der Waals surface area contributed by atoms with Crippen LogP contribution in [0.5, 0.6) is 5.75 Å². The van der Waals surface area contributed by atoms with Crippen molar-refractivity contribution < 1.29 is 4.74 Å². The van der Waals surface area contributed by atoms with E-state index in [2.05, 4.69) is 48.6 Å². The molecule has 0 saturated carbocycles. The molecule has 18 heavy (non-hydrogen) atoms. The van der Waals surface area contributed by atoms with E-state index >= 15 is 0 Å². The van der Waals surface area contributed by atoms with E-state index in [1.165, 1.54) is 16.7 Å². The Hall–Kier alpha value is -1.80. The summed E-state index contributed by atoms with van der Waals surface area (Å²) in [4.78, 5) is 0. The quantitative estimate of drug-likeness (QED) is 0.825. The Balaban J connectivity index is 2.10. The van der Waals surface area contributed by atoms with Crippen molar-refractivity contribution in [2.24, 2.45) is 0 Å². The Morgan fingerprint density at radius 1 is 1.00 bits per heavy atom. The van der Waals surface area contributed by atoms with Crippen molar-refractivity contribution in [1.82, 2.24) is 5.32 Å². The predicted octanol–water partition coefficient (Wildman–Crippen LogP) is 3.07. The molecule has 1 aliphatic rings. The van der Waals surface area contributed by atoms with Gasteiger partial charge in [-0.2, -0.15) is 0 Å². The van der Waals surface area contributed by atoms with E-state index in [9.17, 15) is 0 Å². The Bertz CT molecular complexity index is 550. The summed E-state index contributed by atoms with van der Waals surface area (Å²) in [5.41, 5.74) is 3.87. The van der Waals surface area contributed by atoms with Crippen LogP contribution in [0.15, 0.2) is 48.5 Å². The first-order valence-electron chi connectivity index (χ1n) is 6.37. The molecule has 0 radical (unpaired) electrons. The topological polar surface area (TPSA) is 21.3 Å². The molecule has 0 aromatic heterocycles. The summed E-state index contributed by atoms with van der Waals surface area (Å²) in [5.74, 6) is 0.996. The summed E-state index contributed by atoms with van der Waals surface area (Å²) in [6.45, 7) is 3.75. The van der Waals surface area contributed by atoms with E-state index in [1.807, 2.05) is 12.1 Å². The van der Waals surface area contributed by atoms with Crippen LogP contribution < -0.4 is 10.1 Å². The van der Waals surface area contributed by atoms with E-state index in [-0.39, 0.29) is 6.04 Å². The van der Waals surface area contributed by atoms with Crippen LogP contribution in [0.2, 0.25) is 0 Å². The van der Waals surface area contributed by atoms with Crippen molar-refractivity contribution in [1.29, 1.82) is 0 Å². The number of hydrogen-bond acceptors (Lipinski definition) is 2. The maximum absolute atomic E-state index is 5.78. The van der Waals surface area contributed by atoms with Crippen LogP contribution in [0.3, 0.4) is 0 Å². The molecule has 0 aliphatic carbocycles. The molecule has 2 aromatic rings. The molecule has 0 spiro atoms. The first-order valence-corrected chi connectivity index (χ1v) is 6.37. The van der Waals surface area contributed by atoms with Crippen LogP contribution in [0.4, 0.5) is 0 Å². The van der Waals surface area contributed by atoms with E-state index < -0.39 is 0 Å². The van der Waals surface area contributed by atoms with Crippen molar-refractivity contribution in [3.8, 4) is 5.75 Å². The SMILES string of the molecule is Cc1ccccc1C1NCCOc2ccccc21. The monoisotopic (exact) mass is 239 g/mol. The molecule has 1 atom stereocenters. The first-order chi connectivity index (χ1) is 8.86. The lowest BCUT2D eigenvalue weighted by Gasteiger charge is -2.20. The van der Waals surface area contributed by atoms with Gasteiger partial charge >= 0.3 is 0 Å². The summed E-state index contributed by atoms with van der Waals surface area (Å²) < 4.78 is 5.78. The van der Waals surface area contributed by atoms with Gasteiger partial charge in [0.1, 0.15) is 12.4 Å². The second-order valence-electron chi connectivity index (χ2n) is 4.63. The molecule has 2 heteroatoms. The zero-order valence-corrected chi connectivity index (χ0v) is 10.5. The number of nitrogens with one attached hydrogen (secondary N) is 1. The maximum Gasteiger partial charge on any atom is 0.124 e. The Kier molecular flexibility index (Phi) is 3.03. The molecule has 1 heterocycles. The number of aryl methyl sites for hydroxylation is 1. The zero-order chi connectivity index (χ0) is 12.4. The molecule has 2 aromatic carbocycles. The highest BCUT2D eigenvalue weighted by molar-refractivity contribution is 5.44. The lowest BCUT2D eigenvalue weighted by atomic mass is 9.94. The highest BCUT2D eigenvalue weighted by Gasteiger charge is 2.21. The number of hydrogen-bond donors (Lipinski definition) is 1. The molecule has 1 unspecified atom stereocenters. The van der Waals surface area contributed by atoms with Gasteiger partial charge in [-0.25, -0.2) is 0 Å². The molecule has 1 N–H and O–H groups in total. The van der Waals surface area contributed by atoms with Crippen LogP contribution >= 0.6 is 0 Å². The highest BCUT2D eigenvalue weighted by Crippen LogP contribution is 2.32. The first kappa shape index (κ1) is 11.3. The van der Waals surface area contributed by atoms with Crippen molar-refractivity contribution in [3.63, 3.8) is 0 Å². The molecular formula is C16H17NO. The fourth-order valence-electron chi connectivity index (χ4n) is 2.51. The highest BCUT2D eigenvalue weighted by atomic mass is 16.5. The molecule has 0 saturated heterocycles. The van der Waals surface area contributed by atoms with E-state index in [0.29, 0.717) is 0 Å². The van der Waals surface area contributed by atoms with Gasteiger partial charge in [0.2, 0.25) is 0 Å². The number of rotatable bonds is 1. The van der Waals surface area contributed by atoms with Gasteiger partial charge in [0.15, 0.2) is 0 Å². The lowest BCUT2D eigenvalue weighted by Crippen LogP contribution is -2.24. The van der Waals surface area contributed by atoms with Crippen LogP contribution in [0, 0.1) is 6.92 Å². The Labute approximate surface area is 108 Å². The molecule has 0 bridgehead atoms. The summed E-state index contributed by atoms with van der Waals surface area (Å²) in [7, 11) is 0. The minimum atomic E-state index is 0.227. The molecule has 1 aliphatic heterocycles. The Morgan fingerprint density at radius 3 is 2.56 bits per heavy atom. The van der Waals surface area contributed by atoms with Gasteiger partial charge < -0.3 is 10.1 Å². The third-order valence-corrected chi connectivity index (χ3v) is 3.44. The van der Waals surface area contributed by atoms with Crippen LogP contribution in [0.25, 0.3) is 0 Å². The molecule has 3 rings (SSSR count). The minimum absolute atomic E-state index is 0.227. The average molecular weight is 239 g/mol. The van der Waals surface area contributed by atoms with Gasteiger partial charge in [-0.1, -0.05) is 42.5 Å². The van der Waals surface area contributed by atoms with E-state index in [4.69, 9.17) is 4.74 Å².